The fraction of sp³-hybridized carbons (Fsp3) is 0.565. The van der Waals surface area contributed by atoms with E-state index in [-0.39, 0.29) is 42.1 Å². The predicted molar refractivity (Wildman–Crippen MR) is 148 cm³/mol. The third-order valence-corrected chi connectivity index (χ3v) is 8.93. The maximum absolute atomic E-state index is 12.1. The molecule has 0 bridgehead atoms. The van der Waals surface area contributed by atoms with Crippen molar-refractivity contribution in [2.45, 2.75) is 49.9 Å². The second kappa shape index (κ2) is 16.4. The van der Waals surface area contributed by atoms with Crippen molar-refractivity contribution in [3.8, 4) is 0 Å². The van der Waals surface area contributed by atoms with E-state index in [1.807, 2.05) is 13.8 Å². The Kier molecular flexibility index (Phi) is 14.5. The minimum atomic E-state index is -4.06. The highest BCUT2D eigenvalue weighted by atomic mass is 32.2. The first-order chi connectivity index (χ1) is 18.2. The fourth-order valence-corrected chi connectivity index (χ4v) is 5.74. The number of thioether (sulfide) groups is 2. The molecule has 1 unspecified atom stereocenters. The average molecular weight is 607 g/mol. The second-order valence-corrected chi connectivity index (χ2v) is 13.7. The van der Waals surface area contributed by atoms with E-state index < -0.39 is 33.1 Å². The van der Waals surface area contributed by atoms with Crippen molar-refractivity contribution in [3.63, 3.8) is 0 Å². The van der Waals surface area contributed by atoms with Gasteiger partial charge in [0, 0.05) is 42.2 Å². The molecule has 2 aliphatic heterocycles. The number of nitrogens with one attached hydrogen (secondary N) is 2. The summed E-state index contributed by atoms with van der Waals surface area (Å²) in [6.45, 7) is 7.44. The van der Waals surface area contributed by atoms with Gasteiger partial charge in [0.1, 0.15) is 13.3 Å². The molecule has 2 heterocycles. The molecule has 218 valence electrons. The lowest BCUT2D eigenvalue weighted by atomic mass is 10.4. The zero-order valence-corrected chi connectivity index (χ0v) is 24.8. The first kappa shape index (κ1) is 34.3. The summed E-state index contributed by atoms with van der Waals surface area (Å²) in [6.07, 6.45) is 4.94. The summed E-state index contributed by atoms with van der Waals surface area (Å²) >= 11 is 2.99. The number of hydrogen-bond donors (Lipinski definition) is 2. The van der Waals surface area contributed by atoms with Crippen LogP contribution in [0.15, 0.2) is 24.3 Å². The Bertz CT molecular complexity index is 1070. The van der Waals surface area contributed by atoms with Crippen molar-refractivity contribution in [3.05, 3.63) is 24.3 Å². The van der Waals surface area contributed by atoms with Crippen molar-refractivity contribution in [2.75, 3.05) is 32.0 Å². The summed E-state index contributed by atoms with van der Waals surface area (Å²) in [4.78, 5) is 70.3. The van der Waals surface area contributed by atoms with Gasteiger partial charge in [-0.3, -0.25) is 42.8 Å². The molecule has 0 saturated carbocycles. The van der Waals surface area contributed by atoms with Gasteiger partial charge in [-0.1, -0.05) is 27.7 Å². The highest BCUT2D eigenvalue weighted by Crippen LogP contribution is 2.16. The number of carbonyl (C=O) groups excluding carboxylic acids is 6. The number of imide groups is 2. The molecule has 0 spiro atoms. The molecule has 0 radical (unpaired) electrons. The molecule has 6 amide bonds. The molecular weight excluding hydrogens is 572 g/mol. The minimum Gasteiger partial charge on any atom is -0.338 e. The van der Waals surface area contributed by atoms with Crippen LogP contribution in [0, 0.1) is 0 Å². The monoisotopic (exact) mass is 606 g/mol. The predicted octanol–water partition coefficient (Wildman–Crippen LogP) is -0.0117. The van der Waals surface area contributed by atoms with Crippen LogP contribution in [0.2, 0.25) is 0 Å². The van der Waals surface area contributed by atoms with E-state index in [9.17, 15) is 37.2 Å². The second-order valence-electron chi connectivity index (χ2n) is 8.53. The van der Waals surface area contributed by atoms with Gasteiger partial charge in [-0.25, -0.2) is 0 Å². The van der Waals surface area contributed by atoms with Crippen molar-refractivity contribution in [2.24, 2.45) is 0 Å². The Morgan fingerprint density at radius 1 is 0.821 bits per heavy atom. The number of amides is 6. The highest BCUT2D eigenvalue weighted by molar-refractivity contribution is 8.01. The van der Waals surface area contributed by atoms with E-state index >= 15 is 0 Å². The molecular formula is C23H34N4O9S3. The summed E-state index contributed by atoms with van der Waals surface area (Å²) in [7, 11) is -3.09. The van der Waals surface area contributed by atoms with E-state index in [4.69, 9.17) is 0 Å². The molecule has 2 aliphatic rings. The van der Waals surface area contributed by atoms with Crippen LogP contribution >= 0.6 is 23.5 Å². The minimum absolute atomic E-state index is 0.0137. The zero-order chi connectivity index (χ0) is 29.8. The topological polar surface area (TPSA) is 176 Å². The van der Waals surface area contributed by atoms with Crippen LogP contribution in [0.3, 0.4) is 0 Å². The maximum atomic E-state index is 12.1. The van der Waals surface area contributed by atoms with Crippen LogP contribution in [-0.2, 0) is 43.1 Å². The molecule has 16 heteroatoms. The lowest BCUT2D eigenvalue weighted by Crippen LogP contribution is -2.47. The number of nitrogens with zero attached hydrogens (tertiary/aromatic N) is 2. The summed E-state index contributed by atoms with van der Waals surface area (Å²) in [5.74, 6) is -2.10. The van der Waals surface area contributed by atoms with Gasteiger partial charge in [0.05, 0.1) is 7.11 Å². The smallest absolute Gasteiger partial charge is 0.279 e. The van der Waals surface area contributed by atoms with Gasteiger partial charge in [-0.15, -0.1) is 0 Å². The summed E-state index contributed by atoms with van der Waals surface area (Å²) in [5, 5.41) is 4.05. The highest BCUT2D eigenvalue weighted by Gasteiger charge is 2.34. The molecule has 0 aromatic carbocycles. The van der Waals surface area contributed by atoms with Crippen molar-refractivity contribution in [1.29, 1.82) is 0 Å². The van der Waals surface area contributed by atoms with Crippen LogP contribution < -0.4 is 10.6 Å². The maximum Gasteiger partial charge on any atom is 0.279 e. The average Bonchev–Trinajstić information content (AvgIpc) is 3.35. The largest absolute Gasteiger partial charge is 0.338 e. The van der Waals surface area contributed by atoms with Crippen LogP contribution in [0.5, 0.6) is 0 Å². The first-order valence-electron chi connectivity index (χ1n) is 11.8. The molecule has 0 aliphatic carbocycles. The van der Waals surface area contributed by atoms with Gasteiger partial charge in [-0.2, -0.15) is 31.9 Å². The quantitative estimate of drug-likeness (QED) is 0.201. The SMILES string of the molecule is CC(C)SCCC(=O)NCN1C(=O)C=CC1=O.COS(=O)(=O)C(CSC(C)C)C(=O)NCN1C(=O)C=CC1=O. The molecule has 39 heavy (non-hydrogen) atoms. The summed E-state index contributed by atoms with van der Waals surface area (Å²) in [5.41, 5.74) is 0. The lowest BCUT2D eigenvalue weighted by molar-refractivity contribution is -0.139. The normalized spacial score (nSPS) is 15.8. The molecule has 0 fully saturated rings. The Labute approximate surface area is 236 Å². The Morgan fingerprint density at radius 3 is 1.67 bits per heavy atom. The van der Waals surface area contributed by atoms with Crippen molar-refractivity contribution < 1.29 is 41.4 Å². The Morgan fingerprint density at radius 2 is 1.26 bits per heavy atom. The third-order valence-electron chi connectivity index (χ3n) is 4.88. The van der Waals surface area contributed by atoms with Crippen LogP contribution in [0.1, 0.15) is 34.1 Å². The van der Waals surface area contributed by atoms with Gasteiger partial charge in [0.2, 0.25) is 11.8 Å². The Hall–Kier alpha value is -2.69. The van der Waals surface area contributed by atoms with Crippen molar-refractivity contribution in [1.82, 2.24) is 20.4 Å². The lowest BCUT2D eigenvalue weighted by Gasteiger charge is -2.19. The van der Waals surface area contributed by atoms with Gasteiger partial charge in [0.15, 0.2) is 5.25 Å². The van der Waals surface area contributed by atoms with E-state index in [1.165, 1.54) is 23.9 Å². The number of carbonyl (C=O) groups is 6. The fourth-order valence-electron chi connectivity index (χ4n) is 2.77. The summed E-state index contributed by atoms with van der Waals surface area (Å²) < 4.78 is 28.0. The molecule has 0 saturated heterocycles. The molecule has 2 N–H and O–H groups in total. The van der Waals surface area contributed by atoms with Crippen LogP contribution in [0.25, 0.3) is 0 Å². The molecule has 13 nitrogen and oxygen atoms in total. The molecule has 1 atom stereocenters. The van der Waals surface area contributed by atoms with Gasteiger partial charge in [0.25, 0.3) is 33.7 Å². The van der Waals surface area contributed by atoms with Crippen molar-refractivity contribution >= 4 is 69.1 Å². The van der Waals surface area contributed by atoms with E-state index in [0.717, 1.165) is 34.8 Å². The molecule has 0 aromatic rings. The summed E-state index contributed by atoms with van der Waals surface area (Å²) in [6, 6.07) is 0. The van der Waals surface area contributed by atoms with Gasteiger partial charge < -0.3 is 10.6 Å². The Balaban J connectivity index is 0.000000403. The van der Waals surface area contributed by atoms with E-state index in [2.05, 4.69) is 28.7 Å². The first-order valence-corrected chi connectivity index (χ1v) is 15.4. The van der Waals surface area contributed by atoms with Crippen LogP contribution in [0.4, 0.5) is 0 Å². The number of hydrogen-bond acceptors (Lipinski definition) is 11. The molecule has 2 rings (SSSR count). The van der Waals surface area contributed by atoms with Gasteiger partial charge >= 0.3 is 0 Å². The third kappa shape index (κ3) is 11.9. The molecule has 0 aromatic heterocycles. The number of rotatable bonds is 14. The standard InChI is InChI=1S/C12H18N2O6S2.C11H16N2O3S/c1-8(2)21-6-9(22(18,19)20-3)12(17)13-7-14-10(15)4-5-11(14)16;1-8(2)17-6-5-9(14)12-7-13-10(15)3-4-11(13)16/h4-5,8-9H,6-7H2,1-3H3,(H,13,17);3-4,8H,5-7H2,1-2H3,(H,12,14). The van der Waals surface area contributed by atoms with Gasteiger partial charge in [-0.05, 0) is 10.5 Å². The van der Waals surface area contributed by atoms with E-state index in [1.54, 1.807) is 11.8 Å². The van der Waals surface area contributed by atoms with E-state index in [0.29, 0.717) is 11.7 Å². The zero-order valence-electron chi connectivity index (χ0n) is 22.4. The van der Waals surface area contributed by atoms with Crippen LogP contribution in [-0.4, -0.2) is 101 Å².